The predicted molar refractivity (Wildman–Crippen MR) is 119 cm³/mol. The topological polar surface area (TPSA) is 85.2 Å². The highest BCUT2D eigenvalue weighted by molar-refractivity contribution is 5.95. The number of nitrogens with zero attached hydrogens (tertiary/aromatic N) is 2. The molecule has 7 nitrogen and oxygen atoms in total. The molecule has 31 heavy (non-hydrogen) atoms. The molecule has 3 rings (SSSR count). The predicted octanol–water partition coefficient (Wildman–Crippen LogP) is 2.85. The highest BCUT2D eigenvalue weighted by Crippen LogP contribution is 2.23. The van der Waals surface area contributed by atoms with Gasteiger partial charge in [0.25, 0.3) is 0 Å². The molecule has 0 bridgehead atoms. The van der Waals surface area contributed by atoms with Crippen LogP contribution in [0.5, 0.6) is 5.75 Å². The average Bonchev–Trinajstić information content (AvgIpc) is 3.22. The highest BCUT2D eigenvalue weighted by atomic mass is 16.5. The number of rotatable bonds is 8. The first-order valence-electron chi connectivity index (χ1n) is 9.93. The summed E-state index contributed by atoms with van der Waals surface area (Å²) in [6.07, 6.45) is 6.61. The van der Waals surface area contributed by atoms with Gasteiger partial charge in [-0.1, -0.05) is 42.5 Å². The summed E-state index contributed by atoms with van der Waals surface area (Å²) in [7, 11) is 3.47. The Morgan fingerprint density at radius 2 is 1.77 bits per heavy atom. The summed E-state index contributed by atoms with van der Waals surface area (Å²) in [6, 6.07) is 15.7. The third-order valence-electron chi connectivity index (χ3n) is 4.83. The quantitative estimate of drug-likeness (QED) is 0.551. The van der Waals surface area contributed by atoms with Crippen molar-refractivity contribution in [1.82, 2.24) is 20.2 Å². The summed E-state index contributed by atoms with van der Waals surface area (Å²) < 4.78 is 7.07. The van der Waals surface area contributed by atoms with Crippen molar-refractivity contribution < 1.29 is 14.3 Å². The van der Waals surface area contributed by atoms with Crippen molar-refractivity contribution in [1.29, 1.82) is 0 Å². The van der Waals surface area contributed by atoms with Crippen molar-refractivity contribution in [2.45, 2.75) is 19.0 Å². The van der Waals surface area contributed by atoms with Crippen molar-refractivity contribution in [3.63, 3.8) is 0 Å². The Morgan fingerprint density at radius 1 is 1.06 bits per heavy atom. The summed E-state index contributed by atoms with van der Waals surface area (Å²) in [6.45, 7) is 1.65. The molecule has 3 aromatic rings. The van der Waals surface area contributed by atoms with Gasteiger partial charge in [-0.2, -0.15) is 0 Å². The molecule has 0 aliphatic carbocycles. The summed E-state index contributed by atoms with van der Waals surface area (Å²) >= 11 is 0. The molecule has 0 aliphatic rings. The molecule has 0 aliphatic heterocycles. The second kappa shape index (κ2) is 10.2. The smallest absolute Gasteiger partial charge is 0.244 e. The van der Waals surface area contributed by atoms with Gasteiger partial charge in [-0.15, -0.1) is 0 Å². The second-order valence-corrected chi connectivity index (χ2v) is 7.09. The fourth-order valence-electron chi connectivity index (χ4n) is 3.08. The third-order valence-corrected chi connectivity index (χ3v) is 4.83. The lowest BCUT2D eigenvalue weighted by Crippen LogP contribution is -2.46. The van der Waals surface area contributed by atoms with E-state index in [9.17, 15) is 9.59 Å². The Hall–Kier alpha value is -3.87. The minimum absolute atomic E-state index is 0.315. The number of nitrogens with one attached hydrogen (secondary N) is 2. The summed E-state index contributed by atoms with van der Waals surface area (Å²) in [5, 5.41) is 5.69. The first-order chi connectivity index (χ1) is 15.0. The van der Waals surface area contributed by atoms with Crippen molar-refractivity contribution in [2.75, 3.05) is 7.11 Å². The van der Waals surface area contributed by atoms with Crippen LogP contribution in [0.2, 0.25) is 0 Å². The van der Waals surface area contributed by atoms with E-state index in [0.717, 1.165) is 16.9 Å². The number of amides is 2. The van der Waals surface area contributed by atoms with Crippen LogP contribution in [0.3, 0.4) is 0 Å². The molecule has 0 saturated heterocycles. The van der Waals surface area contributed by atoms with E-state index in [1.54, 1.807) is 26.3 Å². The van der Waals surface area contributed by atoms with Crippen LogP contribution in [0.15, 0.2) is 73.1 Å². The van der Waals surface area contributed by atoms with Crippen LogP contribution < -0.4 is 15.4 Å². The van der Waals surface area contributed by atoms with Crippen LogP contribution in [-0.4, -0.2) is 34.5 Å². The number of aromatic nitrogens is 2. The summed E-state index contributed by atoms with van der Waals surface area (Å²) in [5.74, 6) is 0.746. The maximum Gasteiger partial charge on any atom is 0.244 e. The Morgan fingerprint density at radius 3 is 2.39 bits per heavy atom. The average molecular weight is 418 g/mol. The Labute approximate surface area is 181 Å². The number of hydrogen-bond acceptors (Lipinski definition) is 4. The first kappa shape index (κ1) is 21.8. The molecule has 7 heteroatoms. The molecule has 1 heterocycles. The van der Waals surface area contributed by atoms with Crippen LogP contribution >= 0.6 is 0 Å². The van der Waals surface area contributed by atoms with E-state index in [1.165, 1.54) is 6.08 Å². The SMILES string of the molecule is COc1ccc(C(NC(=O)C(C)NC(=O)/C=C/c2ccccc2)c2nccn2C)cc1. The second-order valence-electron chi connectivity index (χ2n) is 7.09. The van der Waals surface area contributed by atoms with Crippen molar-refractivity contribution in [2.24, 2.45) is 7.05 Å². The molecule has 2 amide bonds. The maximum atomic E-state index is 12.9. The minimum Gasteiger partial charge on any atom is -0.497 e. The number of aryl methyl sites for hydroxylation is 1. The van der Waals surface area contributed by atoms with E-state index < -0.39 is 12.1 Å². The van der Waals surface area contributed by atoms with Gasteiger partial charge in [0.05, 0.1) is 7.11 Å². The third kappa shape index (κ3) is 5.82. The van der Waals surface area contributed by atoms with Gasteiger partial charge in [-0.25, -0.2) is 4.98 Å². The molecule has 1 aromatic heterocycles. The van der Waals surface area contributed by atoms with Crippen molar-refractivity contribution in [3.8, 4) is 5.75 Å². The van der Waals surface area contributed by atoms with Crippen LogP contribution in [0.1, 0.15) is 29.9 Å². The molecule has 0 spiro atoms. The van der Waals surface area contributed by atoms with Crippen LogP contribution in [0.25, 0.3) is 6.08 Å². The van der Waals surface area contributed by atoms with Crippen LogP contribution in [0.4, 0.5) is 0 Å². The van der Waals surface area contributed by atoms with Crippen LogP contribution in [-0.2, 0) is 16.6 Å². The molecule has 2 aromatic carbocycles. The normalized spacial score (nSPS) is 12.9. The molecule has 160 valence electrons. The van der Waals surface area contributed by atoms with Gasteiger partial charge in [-0.3, -0.25) is 9.59 Å². The van der Waals surface area contributed by atoms with Crippen molar-refractivity contribution >= 4 is 17.9 Å². The molecule has 2 unspecified atom stereocenters. The van der Waals surface area contributed by atoms with Gasteiger partial charge in [0, 0.05) is 25.5 Å². The Balaban J connectivity index is 1.70. The number of ether oxygens (including phenoxy) is 1. The number of imidazole rings is 1. The molecule has 0 radical (unpaired) electrons. The zero-order valence-electron chi connectivity index (χ0n) is 17.8. The van der Waals surface area contributed by atoms with Gasteiger partial charge in [0.15, 0.2) is 0 Å². The monoisotopic (exact) mass is 418 g/mol. The Kier molecular flexibility index (Phi) is 7.22. The van der Waals surface area contributed by atoms with Gasteiger partial charge in [-0.05, 0) is 36.3 Å². The molecular weight excluding hydrogens is 392 g/mol. The number of benzene rings is 2. The van der Waals surface area contributed by atoms with E-state index in [1.807, 2.05) is 72.4 Å². The minimum atomic E-state index is -0.728. The maximum absolute atomic E-state index is 12.9. The van der Waals surface area contributed by atoms with E-state index >= 15 is 0 Å². The van der Waals surface area contributed by atoms with E-state index in [4.69, 9.17) is 4.74 Å². The fraction of sp³-hybridized carbons (Fsp3) is 0.208. The van der Waals surface area contributed by atoms with E-state index in [2.05, 4.69) is 15.6 Å². The lowest BCUT2D eigenvalue weighted by Gasteiger charge is -2.22. The standard InChI is InChI=1S/C24H26N4O3/c1-17(26-21(29)14-9-18-7-5-4-6-8-18)24(30)27-22(23-25-15-16-28(23)2)19-10-12-20(31-3)13-11-19/h4-17,22H,1-3H3,(H,26,29)(H,27,30)/b14-9+. The number of carbonyl (C=O) groups is 2. The summed E-state index contributed by atoms with van der Waals surface area (Å²) in [4.78, 5) is 29.5. The molecule has 0 fully saturated rings. The zero-order valence-corrected chi connectivity index (χ0v) is 17.8. The van der Waals surface area contributed by atoms with Crippen LogP contribution in [0, 0.1) is 0 Å². The lowest BCUT2D eigenvalue weighted by atomic mass is 10.1. The van der Waals surface area contributed by atoms with Gasteiger partial charge >= 0.3 is 0 Å². The van der Waals surface area contributed by atoms with E-state index in [0.29, 0.717) is 5.82 Å². The lowest BCUT2D eigenvalue weighted by molar-refractivity contribution is -0.127. The molecule has 2 N–H and O–H groups in total. The number of hydrogen-bond donors (Lipinski definition) is 2. The van der Waals surface area contributed by atoms with Gasteiger partial charge < -0.3 is 19.9 Å². The molecular formula is C24H26N4O3. The zero-order chi connectivity index (χ0) is 22.2. The Bertz CT molecular complexity index is 1040. The largest absolute Gasteiger partial charge is 0.497 e. The van der Waals surface area contributed by atoms with E-state index in [-0.39, 0.29) is 11.8 Å². The number of methoxy groups -OCH3 is 1. The molecule has 2 atom stereocenters. The number of carbonyl (C=O) groups excluding carboxylic acids is 2. The van der Waals surface area contributed by atoms with Gasteiger partial charge in [0.2, 0.25) is 11.8 Å². The molecule has 0 saturated carbocycles. The van der Waals surface area contributed by atoms with Crippen molar-refractivity contribution in [3.05, 3.63) is 90.0 Å². The van der Waals surface area contributed by atoms with Gasteiger partial charge in [0.1, 0.15) is 23.7 Å². The first-order valence-corrected chi connectivity index (χ1v) is 9.93. The fourth-order valence-corrected chi connectivity index (χ4v) is 3.08. The highest BCUT2D eigenvalue weighted by Gasteiger charge is 2.24. The summed E-state index contributed by atoms with van der Waals surface area (Å²) in [5.41, 5.74) is 1.76.